The summed E-state index contributed by atoms with van der Waals surface area (Å²) in [5.74, 6) is 0.0121. The summed E-state index contributed by atoms with van der Waals surface area (Å²) in [6.45, 7) is 5.28. The van der Waals surface area contributed by atoms with Gasteiger partial charge in [-0.1, -0.05) is 6.58 Å². The minimum absolute atomic E-state index is 0.0121. The van der Waals surface area contributed by atoms with Gasteiger partial charge in [0.25, 0.3) is 5.69 Å². The highest BCUT2D eigenvalue weighted by Crippen LogP contribution is 2.27. The highest BCUT2D eigenvalue weighted by Gasteiger charge is 2.09. The number of benzene rings is 1. The van der Waals surface area contributed by atoms with E-state index in [4.69, 9.17) is 0 Å². The highest BCUT2D eigenvalue weighted by atomic mass is 16.6. The zero-order valence-corrected chi connectivity index (χ0v) is 7.15. The number of non-ortho nitro benzene ring substituents is 1. The predicted octanol–water partition coefficient (Wildman–Crippen LogP) is 2.33. The number of hydrogen-bond acceptors (Lipinski definition) is 3. The van der Waals surface area contributed by atoms with E-state index < -0.39 is 4.92 Å². The first-order chi connectivity index (χ1) is 6.02. The molecule has 0 saturated carbocycles. The van der Waals surface area contributed by atoms with E-state index in [1.54, 1.807) is 6.92 Å². The van der Waals surface area contributed by atoms with Crippen LogP contribution in [0.3, 0.4) is 0 Å². The first-order valence-electron chi connectivity index (χ1n) is 3.65. The molecule has 0 aliphatic heterocycles. The van der Waals surface area contributed by atoms with E-state index in [-0.39, 0.29) is 11.4 Å². The van der Waals surface area contributed by atoms with Gasteiger partial charge in [0, 0.05) is 17.7 Å². The van der Waals surface area contributed by atoms with Crippen molar-refractivity contribution in [3.05, 3.63) is 40.5 Å². The van der Waals surface area contributed by atoms with Crippen LogP contribution in [-0.4, -0.2) is 10.0 Å². The van der Waals surface area contributed by atoms with Crippen molar-refractivity contribution in [2.75, 3.05) is 0 Å². The Kier molecular flexibility index (Phi) is 2.32. The highest BCUT2D eigenvalue weighted by molar-refractivity contribution is 5.68. The molecule has 0 aromatic heterocycles. The number of phenolic OH excluding ortho intramolecular Hbond substituents is 1. The summed E-state index contributed by atoms with van der Waals surface area (Å²) in [6.07, 6.45) is 0. The molecular formula is C9H9NO3. The number of aromatic hydroxyl groups is 1. The summed E-state index contributed by atoms with van der Waals surface area (Å²) in [7, 11) is 0. The van der Waals surface area contributed by atoms with Gasteiger partial charge in [0.1, 0.15) is 5.75 Å². The smallest absolute Gasteiger partial charge is 0.270 e. The van der Waals surface area contributed by atoms with Crippen molar-refractivity contribution in [1.29, 1.82) is 0 Å². The molecule has 0 unspecified atom stereocenters. The first kappa shape index (κ1) is 9.25. The maximum absolute atomic E-state index is 10.4. The Labute approximate surface area is 75.3 Å². The number of nitrogens with zero attached hydrogens (tertiary/aromatic N) is 1. The van der Waals surface area contributed by atoms with Crippen LogP contribution in [0.4, 0.5) is 5.69 Å². The van der Waals surface area contributed by atoms with E-state index in [0.29, 0.717) is 11.1 Å². The van der Waals surface area contributed by atoms with Crippen LogP contribution in [0.15, 0.2) is 24.8 Å². The van der Waals surface area contributed by atoms with Gasteiger partial charge in [-0.2, -0.15) is 0 Å². The molecule has 1 rings (SSSR count). The fraction of sp³-hybridized carbons (Fsp3) is 0.111. The van der Waals surface area contributed by atoms with Crippen LogP contribution < -0.4 is 0 Å². The van der Waals surface area contributed by atoms with E-state index in [2.05, 4.69) is 6.58 Å². The molecule has 0 amide bonds. The fourth-order valence-electron chi connectivity index (χ4n) is 0.979. The van der Waals surface area contributed by atoms with Gasteiger partial charge < -0.3 is 5.11 Å². The molecule has 0 spiro atoms. The Bertz CT molecular complexity index is 371. The van der Waals surface area contributed by atoms with Crippen LogP contribution in [0.2, 0.25) is 0 Å². The van der Waals surface area contributed by atoms with Crippen molar-refractivity contribution < 1.29 is 10.0 Å². The molecule has 0 aliphatic carbocycles. The largest absolute Gasteiger partial charge is 0.507 e. The van der Waals surface area contributed by atoms with E-state index in [1.165, 1.54) is 18.2 Å². The molecule has 1 N–H and O–H groups in total. The third-order valence-electron chi connectivity index (χ3n) is 1.65. The average Bonchev–Trinajstić information content (AvgIpc) is 2.04. The van der Waals surface area contributed by atoms with Crippen molar-refractivity contribution in [3.8, 4) is 5.75 Å². The van der Waals surface area contributed by atoms with Crippen LogP contribution in [0.1, 0.15) is 12.5 Å². The molecule has 0 saturated heterocycles. The minimum Gasteiger partial charge on any atom is -0.507 e. The van der Waals surface area contributed by atoms with E-state index in [1.807, 2.05) is 0 Å². The molecule has 0 aliphatic rings. The number of phenols is 1. The number of hydrogen-bond donors (Lipinski definition) is 1. The maximum atomic E-state index is 10.4. The molecule has 68 valence electrons. The second-order valence-corrected chi connectivity index (χ2v) is 2.74. The summed E-state index contributed by atoms with van der Waals surface area (Å²) in [4.78, 5) is 9.87. The van der Waals surface area contributed by atoms with E-state index >= 15 is 0 Å². The van der Waals surface area contributed by atoms with Gasteiger partial charge in [-0.05, 0) is 18.6 Å². The molecule has 0 heterocycles. The quantitative estimate of drug-likeness (QED) is 0.559. The Morgan fingerprint density at radius 3 is 2.69 bits per heavy atom. The van der Waals surface area contributed by atoms with Gasteiger partial charge in [-0.3, -0.25) is 10.1 Å². The lowest BCUT2D eigenvalue weighted by atomic mass is 10.1. The zero-order chi connectivity index (χ0) is 10.0. The van der Waals surface area contributed by atoms with Gasteiger partial charge in [-0.15, -0.1) is 0 Å². The molecule has 0 fully saturated rings. The lowest BCUT2D eigenvalue weighted by molar-refractivity contribution is -0.384. The zero-order valence-electron chi connectivity index (χ0n) is 7.15. The predicted molar refractivity (Wildman–Crippen MR) is 49.5 cm³/mol. The molecule has 0 atom stereocenters. The summed E-state index contributed by atoms with van der Waals surface area (Å²) in [6, 6.07) is 3.85. The van der Waals surface area contributed by atoms with Gasteiger partial charge in [-0.25, -0.2) is 0 Å². The molecule has 4 nitrogen and oxygen atoms in total. The SMILES string of the molecule is C=C(C)c1cc([N+](=O)[O-])ccc1O. The monoisotopic (exact) mass is 179 g/mol. The van der Waals surface area contributed by atoms with Gasteiger partial charge >= 0.3 is 0 Å². The van der Waals surface area contributed by atoms with Crippen molar-refractivity contribution in [2.24, 2.45) is 0 Å². The molecular weight excluding hydrogens is 170 g/mol. The first-order valence-corrected chi connectivity index (χ1v) is 3.65. The number of nitro groups is 1. The van der Waals surface area contributed by atoms with Gasteiger partial charge in [0.05, 0.1) is 4.92 Å². The Hall–Kier alpha value is -1.84. The third kappa shape index (κ3) is 1.84. The van der Waals surface area contributed by atoms with Crippen molar-refractivity contribution in [1.82, 2.24) is 0 Å². The van der Waals surface area contributed by atoms with Gasteiger partial charge in [0.2, 0.25) is 0 Å². The standard InChI is InChI=1S/C9H9NO3/c1-6(2)8-5-7(10(12)13)3-4-9(8)11/h3-5,11H,1H2,2H3. The van der Waals surface area contributed by atoms with Crippen LogP contribution in [0, 0.1) is 10.1 Å². The van der Waals surface area contributed by atoms with E-state index in [9.17, 15) is 15.2 Å². The van der Waals surface area contributed by atoms with Gasteiger partial charge in [0.15, 0.2) is 0 Å². The summed E-state index contributed by atoms with van der Waals surface area (Å²) in [5.41, 5.74) is 0.964. The summed E-state index contributed by atoms with van der Waals surface area (Å²) in [5, 5.41) is 19.7. The molecule has 13 heavy (non-hydrogen) atoms. The number of allylic oxidation sites excluding steroid dienone is 1. The number of rotatable bonds is 2. The van der Waals surface area contributed by atoms with Crippen molar-refractivity contribution in [2.45, 2.75) is 6.92 Å². The van der Waals surface area contributed by atoms with Crippen LogP contribution in [0.5, 0.6) is 5.75 Å². The molecule has 1 aromatic carbocycles. The maximum Gasteiger partial charge on any atom is 0.270 e. The lowest BCUT2D eigenvalue weighted by Gasteiger charge is -2.02. The molecule has 0 bridgehead atoms. The fourth-order valence-corrected chi connectivity index (χ4v) is 0.979. The Morgan fingerprint density at radius 1 is 1.62 bits per heavy atom. The Balaban J connectivity index is 3.27. The van der Waals surface area contributed by atoms with Crippen LogP contribution >= 0.6 is 0 Å². The molecule has 4 heteroatoms. The second-order valence-electron chi connectivity index (χ2n) is 2.74. The number of nitro benzene ring substituents is 1. The lowest BCUT2D eigenvalue weighted by Crippen LogP contribution is -1.89. The topological polar surface area (TPSA) is 63.4 Å². The Morgan fingerprint density at radius 2 is 2.23 bits per heavy atom. The van der Waals surface area contributed by atoms with Crippen molar-refractivity contribution in [3.63, 3.8) is 0 Å². The third-order valence-corrected chi connectivity index (χ3v) is 1.65. The normalized spacial score (nSPS) is 9.62. The van der Waals surface area contributed by atoms with Crippen LogP contribution in [-0.2, 0) is 0 Å². The second kappa shape index (κ2) is 3.26. The summed E-state index contributed by atoms with van der Waals surface area (Å²) >= 11 is 0. The molecule has 1 aromatic rings. The van der Waals surface area contributed by atoms with Crippen LogP contribution in [0.25, 0.3) is 5.57 Å². The average molecular weight is 179 g/mol. The molecule has 0 radical (unpaired) electrons. The minimum atomic E-state index is -0.508. The van der Waals surface area contributed by atoms with Crippen molar-refractivity contribution >= 4 is 11.3 Å². The summed E-state index contributed by atoms with van der Waals surface area (Å²) < 4.78 is 0. The van der Waals surface area contributed by atoms with E-state index in [0.717, 1.165) is 0 Å².